The van der Waals surface area contributed by atoms with E-state index in [4.69, 9.17) is 0 Å². The summed E-state index contributed by atoms with van der Waals surface area (Å²) in [6.07, 6.45) is 0. The largest absolute Gasteiger partial charge is 0.507 e. The van der Waals surface area contributed by atoms with E-state index in [2.05, 4.69) is 15.4 Å². The molecule has 27 heavy (non-hydrogen) atoms. The number of carbonyl (C=O) groups is 1. The molecule has 0 aliphatic heterocycles. The third-order valence-electron chi connectivity index (χ3n) is 4.29. The number of fused-ring (bicyclic) bond motifs is 1. The molecule has 0 atom stereocenters. The van der Waals surface area contributed by atoms with Crippen molar-refractivity contribution in [3.8, 4) is 16.3 Å². The molecule has 0 bridgehead atoms. The van der Waals surface area contributed by atoms with E-state index in [1.807, 2.05) is 38.1 Å². The summed E-state index contributed by atoms with van der Waals surface area (Å²) >= 11 is 1.50. The van der Waals surface area contributed by atoms with Crippen LogP contribution in [0.15, 0.2) is 48.5 Å². The number of aryl methyl sites for hydroxylation is 2. The molecule has 0 fully saturated rings. The van der Waals surface area contributed by atoms with Crippen molar-refractivity contribution in [2.75, 3.05) is 5.32 Å². The number of phenolic OH excluding ortho intramolecular Hbond substituents is 1. The van der Waals surface area contributed by atoms with Gasteiger partial charge in [-0.1, -0.05) is 12.1 Å². The van der Waals surface area contributed by atoms with Crippen LogP contribution in [0.3, 0.4) is 0 Å². The SMILES string of the molecule is CCn1nc(C(=O)Nc2ccc(O)c(-c3nc4ccccc4s3)c2)cc1C. The highest BCUT2D eigenvalue weighted by Gasteiger charge is 2.15. The van der Waals surface area contributed by atoms with Crippen molar-refractivity contribution < 1.29 is 9.90 Å². The van der Waals surface area contributed by atoms with E-state index < -0.39 is 0 Å². The summed E-state index contributed by atoms with van der Waals surface area (Å²) in [5.41, 5.74) is 3.35. The molecule has 4 aromatic rings. The molecular weight excluding hydrogens is 360 g/mol. The first-order valence-corrected chi connectivity index (χ1v) is 9.41. The van der Waals surface area contributed by atoms with Crippen LogP contribution in [0.25, 0.3) is 20.8 Å². The van der Waals surface area contributed by atoms with Gasteiger partial charge in [-0.25, -0.2) is 4.98 Å². The van der Waals surface area contributed by atoms with E-state index in [0.29, 0.717) is 28.5 Å². The lowest BCUT2D eigenvalue weighted by Crippen LogP contribution is -2.13. The summed E-state index contributed by atoms with van der Waals surface area (Å²) in [5, 5.41) is 18.1. The molecular formula is C20H18N4O2S. The van der Waals surface area contributed by atoms with Crippen molar-refractivity contribution >= 4 is 33.1 Å². The molecule has 0 saturated carbocycles. The highest BCUT2D eigenvalue weighted by atomic mass is 32.1. The van der Waals surface area contributed by atoms with Gasteiger partial charge in [-0.05, 0) is 50.2 Å². The number of nitrogens with zero attached hydrogens (tertiary/aromatic N) is 3. The highest BCUT2D eigenvalue weighted by molar-refractivity contribution is 7.21. The molecule has 0 radical (unpaired) electrons. The summed E-state index contributed by atoms with van der Waals surface area (Å²) in [6.45, 7) is 4.60. The Kier molecular flexibility index (Phi) is 4.37. The Morgan fingerprint density at radius 1 is 1.22 bits per heavy atom. The van der Waals surface area contributed by atoms with Crippen LogP contribution in [0.5, 0.6) is 5.75 Å². The van der Waals surface area contributed by atoms with Crippen molar-refractivity contribution in [3.05, 3.63) is 59.9 Å². The Hall–Kier alpha value is -3.19. The fourth-order valence-electron chi connectivity index (χ4n) is 2.91. The van der Waals surface area contributed by atoms with Gasteiger partial charge >= 0.3 is 0 Å². The zero-order chi connectivity index (χ0) is 19.0. The van der Waals surface area contributed by atoms with Crippen LogP contribution in [0.2, 0.25) is 0 Å². The zero-order valence-electron chi connectivity index (χ0n) is 14.9. The van der Waals surface area contributed by atoms with Gasteiger partial charge in [-0.15, -0.1) is 11.3 Å². The van der Waals surface area contributed by atoms with Crippen molar-refractivity contribution in [3.63, 3.8) is 0 Å². The number of para-hydroxylation sites is 1. The van der Waals surface area contributed by atoms with Crippen molar-refractivity contribution in [1.82, 2.24) is 14.8 Å². The molecule has 0 unspecified atom stereocenters. The average Bonchev–Trinajstić information content (AvgIpc) is 3.26. The Bertz CT molecular complexity index is 1110. The normalized spacial score (nSPS) is 11.0. The Morgan fingerprint density at radius 3 is 2.78 bits per heavy atom. The van der Waals surface area contributed by atoms with Gasteiger partial charge in [0.15, 0.2) is 5.69 Å². The molecule has 0 spiro atoms. The number of benzene rings is 2. The monoisotopic (exact) mass is 378 g/mol. The number of carbonyl (C=O) groups excluding carboxylic acids is 1. The second kappa shape index (κ2) is 6.85. The quantitative estimate of drug-likeness (QED) is 0.514. The molecule has 2 N–H and O–H groups in total. The molecule has 7 heteroatoms. The van der Waals surface area contributed by atoms with Crippen molar-refractivity contribution in [1.29, 1.82) is 0 Å². The summed E-state index contributed by atoms with van der Waals surface area (Å²) in [6, 6.07) is 14.5. The number of thiazole rings is 1. The maximum atomic E-state index is 12.5. The van der Waals surface area contributed by atoms with Crippen LogP contribution < -0.4 is 5.32 Å². The van der Waals surface area contributed by atoms with Crippen molar-refractivity contribution in [2.45, 2.75) is 20.4 Å². The minimum Gasteiger partial charge on any atom is -0.507 e. The van der Waals surface area contributed by atoms with Gasteiger partial charge in [0.2, 0.25) is 0 Å². The van der Waals surface area contributed by atoms with E-state index in [1.165, 1.54) is 11.3 Å². The number of aromatic hydroxyl groups is 1. The Morgan fingerprint density at radius 2 is 2.04 bits per heavy atom. The molecule has 2 aromatic carbocycles. The molecule has 136 valence electrons. The number of aromatic nitrogens is 3. The molecule has 1 amide bonds. The maximum absolute atomic E-state index is 12.5. The lowest BCUT2D eigenvalue weighted by Gasteiger charge is -2.07. The van der Waals surface area contributed by atoms with Crippen LogP contribution in [-0.2, 0) is 6.54 Å². The first kappa shape index (κ1) is 17.2. The molecule has 6 nitrogen and oxygen atoms in total. The third kappa shape index (κ3) is 3.29. The summed E-state index contributed by atoms with van der Waals surface area (Å²) in [4.78, 5) is 17.1. The van der Waals surface area contributed by atoms with E-state index >= 15 is 0 Å². The fraction of sp³-hybridized carbons (Fsp3) is 0.150. The van der Waals surface area contributed by atoms with Gasteiger partial charge < -0.3 is 10.4 Å². The smallest absolute Gasteiger partial charge is 0.276 e. The molecule has 0 aliphatic rings. The number of amides is 1. The second-order valence-corrected chi connectivity index (χ2v) is 7.19. The fourth-order valence-corrected chi connectivity index (χ4v) is 3.90. The van der Waals surface area contributed by atoms with E-state index in [-0.39, 0.29) is 11.7 Å². The van der Waals surface area contributed by atoms with Crippen LogP contribution >= 0.6 is 11.3 Å². The lowest BCUT2D eigenvalue weighted by atomic mass is 10.2. The van der Waals surface area contributed by atoms with Crippen LogP contribution in [-0.4, -0.2) is 25.8 Å². The van der Waals surface area contributed by atoms with Crippen LogP contribution in [0, 0.1) is 6.92 Å². The molecule has 0 saturated heterocycles. The number of rotatable bonds is 4. The number of hydrogen-bond acceptors (Lipinski definition) is 5. The Balaban J connectivity index is 1.64. The first-order valence-electron chi connectivity index (χ1n) is 8.60. The number of anilines is 1. The first-order chi connectivity index (χ1) is 13.0. The van der Waals surface area contributed by atoms with Gasteiger partial charge in [0.25, 0.3) is 5.91 Å². The van der Waals surface area contributed by atoms with E-state index in [1.54, 1.807) is 28.9 Å². The van der Waals surface area contributed by atoms with Gasteiger partial charge in [-0.3, -0.25) is 9.48 Å². The lowest BCUT2D eigenvalue weighted by molar-refractivity contribution is 0.102. The average molecular weight is 378 g/mol. The third-order valence-corrected chi connectivity index (χ3v) is 5.36. The van der Waals surface area contributed by atoms with E-state index in [0.717, 1.165) is 15.9 Å². The number of nitrogens with one attached hydrogen (secondary N) is 1. The molecule has 2 heterocycles. The Labute approximate surface area is 160 Å². The van der Waals surface area contributed by atoms with Crippen molar-refractivity contribution in [2.24, 2.45) is 0 Å². The minimum atomic E-state index is -0.286. The number of hydrogen-bond donors (Lipinski definition) is 2. The summed E-state index contributed by atoms with van der Waals surface area (Å²) < 4.78 is 2.82. The molecule has 0 aliphatic carbocycles. The minimum absolute atomic E-state index is 0.123. The summed E-state index contributed by atoms with van der Waals surface area (Å²) in [5.74, 6) is -0.163. The standard InChI is InChI=1S/C20H18N4O2S/c1-3-24-12(2)10-16(23-24)19(26)21-13-8-9-17(25)14(11-13)20-22-15-6-4-5-7-18(15)27-20/h4-11,25H,3H2,1-2H3,(H,21,26). The predicted molar refractivity (Wildman–Crippen MR) is 107 cm³/mol. The van der Waals surface area contributed by atoms with Gasteiger partial charge in [-0.2, -0.15) is 5.10 Å². The van der Waals surface area contributed by atoms with Gasteiger partial charge in [0.1, 0.15) is 10.8 Å². The van der Waals surface area contributed by atoms with Crippen LogP contribution in [0.1, 0.15) is 23.1 Å². The topological polar surface area (TPSA) is 80.0 Å². The maximum Gasteiger partial charge on any atom is 0.276 e. The molecule has 2 aromatic heterocycles. The molecule has 4 rings (SSSR count). The van der Waals surface area contributed by atoms with Gasteiger partial charge in [0, 0.05) is 17.9 Å². The summed E-state index contributed by atoms with van der Waals surface area (Å²) in [7, 11) is 0. The van der Waals surface area contributed by atoms with Gasteiger partial charge in [0.05, 0.1) is 15.8 Å². The number of phenols is 1. The zero-order valence-corrected chi connectivity index (χ0v) is 15.7. The van der Waals surface area contributed by atoms with E-state index in [9.17, 15) is 9.90 Å². The van der Waals surface area contributed by atoms with Crippen LogP contribution in [0.4, 0.5) is 5.69 Å². The second-order valence-electron chi connectivity index (χ2n) is 6.16. The predicted octanol–water partition coefficient (Wildman–Crippen LogP) is 4.45. The highest BCUT2D eigenvalue weighted by Crippen LogP contribution is 2.36.